The van der Waals surface area contributed by atoms with Crippen molar-refractivity contribution in [2.45, 2.75) is 65.7 Å². The van der Waals surface area contributed by atoms with Crippen LogP contribution >= 0.6 is 0 Å². The van der Waals surface area contributed by atoms with Gasteiger partial charge in [0.05, 0.1) is 0 Å². The van der Waals surface area contributed by atoms with Gasteiger partial charge in [0.15, 0.2) is 0 Å². The van der Waals surface area contributed by atoms with E-state index in [0.29, 0.717) is 24.0 Å². The van der Waals surface area contributed by atoms with Gasteiger partial charge in [-0.2, -0.15) is 0 Å². The summed E-state index contributed by atoms with van der Waals surface area (Å²) < 4.78 is 0. The van der Waals surface area contributed by atoms with E-state index in [0.717, 1.165) is 6.42 Å². The summed E-state index contributed by atoms with van der Waals surface area (Å²) in [6, 6.07) is 6.33. The Kier molecular flexibility index (Phi) is 5.39. The number of carbonyl (C=O) groups excluding carboxylic acids is 1. The summed E-state index contributed by atoms with van der Waals surface area (Å²) in [5.41, 5.74) is 3.79. The normalized spacial score (nSPS) is 22.8. The first-order valence-electron chi connectivity index (χ1n) is 8.21. The van der Waals surface area contributed by atoms with Crippen molar-refractivity contribution < 1.29 is 4.79 Å². The first-order chi connectivity index (χ1) is 9.63. The number of aryl methyl sites for hydroxylation is 2. The molecular formula is C19H28O. The monoisotopic (exact) mass is 272 g/mol. The van der Waals surface area contributed by atoms with Crippen LogP contribution in [0.1, 0.15) is 62.1 Å². The van der Waals surface area contributed by atoms with Crippen molar-refractivity contribution in [3.8, 4) is 0 Å². The number of carbonyl (C=O) groups is 1. The van der Waals surface area contributed by atoms with Crippen molar-refractivity contribution >= 4 is 5.78 Å². The SMILES string of the molecule is CCCC1CCCC[C@H]1C(=O)Cc1c(C)cccc1C. The minimum absolute atomic E-state index is 0.322. The van der Waals surface area contributed by atoms with E-state index in [1.165, 1.54) is 48.8 Å². The van der Waals surface area contributed by atoms with Gasteiger partial charge in [0.1, 0.15) is 5.78 Å². The van der Waals surface area contributed by atoms with Crippen LogP contribution < -0.4 is 0 Å². The van der Waals surface area contributed by atoms with Crippen LogP contribution in [-0.4, -0.2) is 5.78 Å². The third-order valence-electron chi connectivity index (χ3n) is 4.98. The van der Waals surface area contributed by atoms with E-state index < -0.39 is 0 Å². The minimum atomic E-state index is 0.322. The molecule has 110 valence electrons. The van der Waals surface area contributed by atoms with Gasteiger partial charge < -0.3 is 0 Å². The van der Waals surface area contributed by atoms with Crippen molar-refractivity contribution in [1.29, 1.82) is 0 Å². The predicted molar refractivity (Wildman–Crippen MR) is 85.0 cm³/mol. The first-order valence-corrected chi connectivity index (χ1v) is 8.21. The number of Topliss-reactive ketones (excluding diaryl/α,β-unsaturated/α-hetero) is 1. The van der Waals surface area contributed by atoms with Crippen LogP contribution in [-0.2, 0) is 11.2 Å². The number of hydrogen-bond acceptors (Lipinski definition) is 1. The number of ketones is 1. The molecule has 0 saturated heterocycles. The van der Waals surface area contributed by atoms with Crippen LogP contribution in [0.25, 0.3) is 0 Å². The average molecular weight is 272 g/mol. The van der Waals surface area contributed by atoms with Crippen LogP contribution in [0.2, 0.25) is 0 Å². The van der Waals surface area contributed by atoms with Crippen LogP contribution in [0.5, 0.6) is 0 Å². The lowest BCUT2D eigenvalue weighted by molar-refractivity contribution is -0.125. The molecule has 0 spiro atoms. The molecule has 1 nitrogen and oxygen atoms in total. The molecule has 2 atom stereocenters. The summed E-state index contributed by atoms with van der Waals surface area (Å²) in [6.45, 7) is 6.49. The minimum Gasteiger partial charge on any atom is -0.299 e. The molecule has 1 aliphatic carbocycles. The molecule has 1 saturated carbocycles. The van der Waals surface area contributed by atoms with Gasteiger partial charge in [-0.05, 0) is 49.3 Å². The number of benzene rings is 1. The molecule has 0 aliphatic heterocycles. The van der Waals surface area contributed by atoms with Crippen molar-refractivity contribution in [2.24, 2.45) is 11.8 Å². The number of rotatable bonds is 5. The van der Waals surface area contributed by atoms with E-state index in [1.54, 1.807) is 0 Å². The highest BCUT2D eigenvalue weighted by Gasteiger charge is 2.30. The molecule has 2 rings (SSSR count). The quantitative estimate of drug-likeness (QED) is 0.735. The van der Waals surface area contributed by atoms with Crippen molar-refractivity contribution in [1.82, 2.24) is 0 Å². The van der Waals surface area contributed by atoms with E-state index >= 15 is 0 Å². The van der Waals surface area contributed by atoms with E-state index in [-0.39, 0.29) is 0 Å². The Morgan fingerprint density at radius 1 is 1.15 bits per heavy atom. The highest BCUT2D eigenvalue weighted by atomic mass is 16.1. The maximum absolute atomic E-state index is 12.8. The highest BCUT2D eigenvalue weighted by Crippen LogP contribution is 2.34. The van der Waals surface area contributed by atoms with Gasteiger partial charge in [0, 0.05) is 12.3 Å². The summed E-state index contributed by atoms with van der Waals surface area (Å²) in [7, 11) is 0. The molecular weight excluding hydrogens is 244 g/mol. The van der Waals surface area contributed by atoms with Crippen molar-refractivity contribution in [3.05, 3.63) is 34.9 Å². The van der Waals surface area contributed by atoms with Crippen molar-refractivity contribution in [2.75, 3.05) is 0 Å². The molecule has 1 unspecified atom stereocenters. The fraction of sp³-hybridized carbons (Fsp3) is 0.632. The van der Waals surface area contributed by atoms with E-state index in [9.17, 15) is 4.79 Å². The van der Waals surface area contributed by atoms with Gasteiger partial charge in [-0.15, -0.1) is 0 Å². The first kappa shape index (κ1) is 15.3. The summed E-state index contributed by atoms with van der Waals surface area (Å²) in [5.74, 6) is 1.45. The third-order valence-corrected chi connectivity index (χ3v) is 4.98. The highest BCUT2D eigenvalue weighted by molar-refractivity contribution is 5.84. The Morgan fingerprint density at radius 3 is 2.45 bits per heavy atom. The fourth-order valence-corrected chi connectivity index (χ4v) is 3.78. The van der Waals surface area contributed by atoms with Crippen LogP contribution in [0, 0.1) is 25.7 Å². The van der Waals surface area contributed by atoms with Crippen LogP contribution in [0.4, 0.5) is 0 Å². The zero-order valence-electron chi connectivity index (χ0n) is 13.2. The van der Waals surface area contributed by atoms with Gasteiger partial charge in [0.25, 0.3) is 0 Å². The Hall–Kier alpha value is -1.11. The fourth-order valence-electron chi connectivity index (χ4n) is 3.78. The second-order valence-corrected chi connectivity index (χ2v) is 6.45. The van der Waals surface area contributed by atoms with E-state index in [2.05, 4.69) is 39.0 Å². The van der Waals surface area contributed by atoms with Crippen LogP contribution in [0.3, 0.4) is 0 Å². The molecule has 0 heterocycles. The Labute approximate surface area is 123 Å². The van der Waals surface area contributed by atoms with Crippen LogP contribution in [0.15, 0.2) is 18.2 Å². The second-order valence-electron chi connectivity index (χ2n) is 6.45. The number of hydrogen-bond donors (Lipinski definition) is 0. The summed E-state index contributed by atoms with van der Waals surface area (Å²) in [4.78, 5) is 12.8. The Morgan fingerprint density at radius 2 is 1.80 bits per heavy atom. The molecule has 1 aromatic rings. The molecule has 0 N–H and O–H groups in total. The predicted octanol–water partition coefficient (Wildman–Crippen LogP) is 5.02. The zero-order valence-corrected chi connectivity index (χ0v) is 13.2. The second kappa shape index (κ2) is 7.06. The van der Waals surface area contributed by atoms with Gasteiger partial charge >= 0.3 is 0 Å². The standard InChI is InChI=1S/C19H28O/c1-4-8-16-11-5-6-12-17(16)19(20)13-18-14(2)9-7-10-15(18)3/h7,9-10,16-17H,4-6,8,11-13H2,1-3H3/t16?,17-/m1/s1. The van der Waals surface area contributed by atoms with Gasteiger partial charge in [-0.1, -0.05) is 50.8 Å². The average Bonchev–Trinajstić information content (AvgIpc) is 2.44. The molecule has 1 aromatic carbocycles. The lowest BCUT2D eigenvalue weighted by Gasteiger charge is -2.30. The summed E-state index contributed by atoms with van der Waals surface area (Å²) in [5, 5.41) is 0. The molecule has 1 aliphatic rings. The van der Waals surface area contributed by atoms with Gasteiger partial charge in [-0.25, -0.2) is 0 Å². The van der Waals surface area contributed by atoms with Gasteiger partial charge in [0.2, 0.25) is 0 Å². The van der Waals surface area contributed by atoms with E-state index in [1.807, 2.05) is 0 Å². The Bertz CT molecular complexity index is 439. The topological polar surface area (TPSA) is 17.1 Å². The largest absolute Gasteiger partial charge is 0.299 e. The molecule has 0 aromatic heterocycles. The molecule has 0 radical (unpaired) electrons. The van der Waals surface area contributed by atoms with Gasteiger partial charge in [-0.3, -0.25) is 4.79 Å². The zero-order chi connectivity index (χ0) is 14.5. The maximum atomic E-state index is 12.8. The smallest absolute Gasteiger partial charge is 0.140 e. The molecule has 0 bridgehead atoms. The lowest BCUT2D eigenvalue weighted by atomic mass is 9.73. The molecule has 1 heteroatoms. The lowest BCUT2D eigenvalue weighted by Crippen LogP contribution is -2.28. The summed E-state index contributed by atoms with van der Waals surface area (Å²) in [6.07, 6.45) is 8.01. The summed E-state index contributed by atoms with van der Waals surface area (Å²) >= 11 is 0. The maximum Gasteiger partial charge on any atom is 0.140 e. The molecule has 1 fully saturated rings. The van der Waals surface area contributed by atoms with Crippen molar-refractivity contribution in [3.63, 3.8) is 0 Å². The Balaban J connectivity index is 2.10. The third kappa shape index (κ3) is 3.50. The molecule has 0 amide bonds. The van der Waals surface area contributed by atoms with E-state index in [4.69, 9.17) is 0 Å². The molecule has 20 heavy (non-hydrogen) atoms.